The van der Waals surface area contributed by atoms with Crippen molar-refractivity contribution in [3.05, 3.63) is 0 Å². The third kappa shape index (κ3) is 1.90. The molecule has 1 saturated heterocycles. The second kappa shape index (κ2) is 3.28. The quantitative estimate of drug-likeness (QED) is 0.595. The number of alkyl halides is 2. The van der Waals surface area contributed by atoms with Crippen LogP contribution in [-0.4, -0.2) is 19.5 Å². The van der Waals surface area contributed by atoms with Crippen molar-refractivity contribution in [1.82, 2.24) is 5.32 Å². The van der Waals surface area contributed by atoms with E-state index in [1.165, 1.54) is 0 Å². The number of hydrogen-bond donors (Lipinski definition) is 1. The van der Waals surface area contributed by atoms with E-state index in [9.17, 15) is 8.78 Å². The van der Waals surface area contributed by atoms with Gasteiger partial charge in [0, 0.05) is 12.5 Å². The third-order valence-corrected chi connectivity index (χ3v) is 1.96. The van der Waals surface area contributed by atoms with Gasteiger partial charge in [0.25, 0.3) is 0 Å². The van der Waals surface area contributed by atoms with Crippen LogP contribution in [0.3, 0.4) is 0 Å². The normalized spacial score (nSPS) is 34.8. The van der Waals surface area contributed by atoms with E-state index in [2.05, 4.69) is 5.32 Å². The van der Waals surface area contributed by atoms with Crippen molar-refractivity contribution in [2.75, 3.05) is 13.1 Å². The summed E-state index contributed by atoms with van der Waals surface area (Å²) in [5.74, 6) is -0.00324. The molecular formula is C7H13F2N. The molecule has 0 aromatic carbocycles. The zero-order chi connectivity index (χ0) is 7.56. The molecule has 1 rings (SSSR count). The highest BCUT2D eigenvalue weighted by atomic mass is 19.3. The molecule has 0 bridgehead atoms. The van der Waals surface area contributed by atoms with Crippen LogP contribution in [-0.2, 0) is 0 Å². The first-order valence-electron chi connectivity index (χ1n) is 3.69. The summed E-state index contributed by atoms with van der Waals surface area (Å²) in [6.45, 7) is 3.38. The van der Waals surface area contributed by atoms with Crippen LogP contribution in [0, 0.1) is 11.8 Å². The van der Waals surface area contributed by atoms with E-state index < -0.39 is 12.3 Å². The number of piperidine rings is 1. The molecule has 2 atom stereocenters. The lowest BCUT2D eigenvalue weighted by molar-refractivity contribution is 0.0524. The van der Waals surface area contributed by atoms with Gasteiger partial charge in [-0.2, -0.15) is 0 Å². The fourth-order valence-electron chi connectivity index (χ4n) is 1.39. The molecule has 2 unspecified atom stereocenters. The SMILES string of the molecule is CC1CNCC(C(F)F)C1. The molecule has 0 aromatic heterocycles. The Morgan fingerprint density at radius 3 is 2.50 bits per heavy atom. The minimum atomic E-state index is -2.14. The lowest BCUT2D eigenvalue weighted by Crippen LogP contribution is -2.38. The van der Waals surface area contributed by atoms with Crippen molar-refractivity contribution in [2.45, 2.75) is 19.8 Å². The van der Waals surface area contributed by atoms with Gasteiger partial charge in [-0.05, 0) is 18.9 Å². The van der Waals surface area contributed by atoms with E-state index in [1.807, 2.05) is 6.92 Å². The Hall–Kier alpha value is -0.180. The Labute approximate surface area is 59.8 Å². The van der Waals surface area contributed by atoms with E-state index in [4.69, 9.17) is 0 Å². The molecule has 3 heteroatoms. The Morgan fingerprint density at radius 1 is 1.40 bits per heavy atom. The third-order valence-electron chi connectivity index (χ3n) is 1.96. The average Bonchev–Trinajstić information content (AvgIpc) is 1.88. The molecule has 1 nitrogen and oxygen atoms in total. The highest BCUT2D eigenvalue weighted by Crippen LogP contribution is 2.21. The molecule has 0 saturated carbocycles. The van der Waals surface area contributed by atoms with E-state index in [1.54, 1.807) is 0 Å². The monoisotopic (exact) mass is 149 g/mol. The summed E-state index contributed by atoms with van der Waals surface area (Å²) in [6.07, 6.45) is -1.47. The summed E-state index contributed by atoms with van der Waals surface area (Å²) in [4.78, 5) is 0. The van der Waals surface area contributed by atoms with E-state index in [0.29, 0.717) is 18.9 Å². The van der Waals surface area contributed by atoms with Crippen molar-refractivity contribution in [1.29, 1.82) is 0 Å². The maximum Gasteiger partial charge on any atom is 0.242 e. The molecule has 1 aliphatic rings. The van der Waals surface area contributed by atoms with Gasteiger partial charge in [0.2, 0.25) is 6.43 Å². The summed E-state index contributed by atoms with van der Waals surface area (Å²) in [7, 11) is 0. The molecule has 10 heavy (non-hydrogen) atoms. The summed E-state index contributed by atoms with van der Waals surface area (Å²) in [5, 5.41) is 2.99. The first kappa shape index (κ1) is 7.92. The minimum Gasteiger partial charge on any atom is -0.316 e. The van der Waals surface area contributed by atoms with Gasteiger partial charge in [-0.25, -0.2) is 8.78 Å². The number of rotatable bonds is 1. The van der Waals surface area contributed by atoms with Gasteiger partial charge in [0.05, 0.1) is 0 Å². The molecule has 0 amide bonds. The predicted molar refractivity (Wildman–Crippen MR) is 36.1 cm³/mol. The fraction of sp³-hybridized carbons (Fsp3) is 1.00. The topological polar surface area (TPSA) is 12.0 Å². The van der Waals surface area contributed by atoms with Crippen LogP contribution in [0.15, 0.2) is 0 Å². The second-order valence-electron chi connectivity index (χ2n) is 3.09. The van der Waals surface area contributed by atoms with E-state index in [-0.39, 0.29) is 0 Å². The van der Waals surface area contributed by atoms with Gasteiger partial charge < -0.3 is 5.32 Å². The summed E-state index contributed by atoms with van der Waals surface area (Å²) in [5.41, 5.74) is 0. The summed E-state index contributed by atoms with van der Waals surface area (Å²) >= 11 is 0. The van der Waals surface area contributed by atoms with Crippen molar-refractivity contribution >= 4 is 0 Å². The molecule has 0 aromatic rings. The Kier molecular flexibility index (Phi) is 2.60. The number of nitrogens with one attached hydrogen (secondary N) is 1. The summed E-state index contributed by atoms with van der Waals surface area (Å²) in [6, 6.07) is 0. The average molecular weight is 149 g/mol. The van der Waals surface area contributed by atoms with E-state index >= 15 is 0 Å². The Morgan fingerprint density at radius 2 is 2.10 bits per heavy atom. The molecule has 1 fully saturated rings. The van der Waals surface area contributed by atoms with Gasteiger partial charge in [0.15, 0.2) is 0 Å². The first-order chi connectivity index (χ1) is 4.70. The maximum atomic E-state index is 12.1. The highest BCUT2D eigenvalue weighted by molar-refractivity contribution is 4.74. The van der Waals surface area contributed by atoms with Gasteiger partial charge in [-0.1, -0.05) is 6.92 Å². The maximum absolute atomic E-state index is 12.1. The highest BCUT2D eigenvalue weighted by Gasteiger charge is 2.25. The number of hydrogen-bond acceptors (Lipinski definition) is 1. The van der Waals surface area contributed by atoms with Crippen LogP contribution in [0.2, 0.25) is 0 Å². The van der Waals surface area contributed by atoms with E-state index in [0.717, 1.165) is 6.54 Å². The van der Waals surface area contributed by atoms with Gasteiger partial charge in [0.1, 0.15) is 0 Å². The van der Waals surface area contributed by atoms with Crippen LogP contribution in [0.25, 0.3) is 0 Å². The molecule has 1 aliphatic heterocycles. The minimum absolute atomic E-state index is 0.410. The summed E-state index contributed by atoms with van der Waals surface area (Å²) < 4.78 is 24.1. The first-order valence-corrected chi connectivity index (χ1v) is 3.69. The van der Waals surface area contributed by atoms with Crippen molar-refractivity contribution in [3.63, 3.8) is 0 Å². The van der Waals surface area contributed by atoms with Gasteiger partial charge in [-0.3, -0.25) is 0 Å². The van der Waals surface area contributed by atoms with Crippen LogP contribution < -0.4 is 5.32 Å². The molecule has 1 heterocycles. The molecule has 60 valence electrons. The predicted octanol–water partition coefficient (Wildman–Crippen LogP) is 1.50. The Bertz CT molecular complexity index is 106. The fourth-order valence-corrected chi connectivity index (χ4v) is 1.39. The second-order valence-corrected chi connectivity index (χ2v) is 3.09. The van der Waals surface area contributed by atoms with Crippen LogP contribution in [0.1, 0.15) is 13.3 Å². The Balaban J connectivity index is 2.32. The van der Waals surface area contributed by atoms with Crippen LogP contribution in [0.4, 0.5) is 8.78 Å². The van der Waals surface area contributed by atoms with Crippen molar-refractivity contribution < 1.29 is 8.78 Å². The smallest absolute Gasteiger partial charge is 0.242 e. The lowest BCUT2D eigenvalue weighted by Gasteiger charge is -2.26. The van der Waals surface area contributed by atoms with Gasteiger partial charge >= 0.3 is 0 Å². The lowest BCUT2D eigenvalue weighted by atomic mass is 9.92. The molecular weight excluding hydrogens is 136 g/mol. The van der Waals surface area contributed by atoms with Crippen LogP contribution in [0.5, 0.6) is 0 Å². The largest absolute Gasteiger partial charge is 0.316 e. The number of halogens is 2. The molecule has 0 spiro atoms. The molecule has 0 radical (unpaired) electrons. The standard InChI is InChI=1S/C7H13F2N/c1-5-2-6(7(8)9)4-10-3-5/h5-7,10H,2-4H2,1H3. The van der Waals surface area contributed by atoms with Crippen molar-refractivity contribution in [3.8, 4) is 0 Å². The zero-order valence-corrected chi connectivity index (χ0v) is 6.11. The molecule has 0 aliphatic carbocycles. The van der Waals surface area contributed by atoms with Crippen molar-refractivity contribution in [2.24, 2.45) is 11.8 Å². The molecule has 1 N–H and O–H groups in total. The van der Waals surface area contributed by atoms with Crippen LogP contribution >= 0.6 is 0 Å². The van der Waals surface area contributed by atoms with Gasteiger partial charge in [-0.15, -0.1) is 0 Å². The zero-order valence-electron chi connectivity index (χ0n) is 6.11.